The number of hydrogen-bond acceptors (Lipinski definition) is 4. The van der Waals surface area contributed by atoms with Gasteiger partial charge in [0.25, 0.3) is 10.2 Å². The number of aliphatic hydroxyl groups excluding tert-OH is 1. The van der Waals surface area contributed by atoms with Crippen molar-refractivity contribution in [1.82, 2.24) is 9.03 Å². The van der Waals surface area contributed by atoms with Crippen LogP contribution in [0, 0.1) is 11.3 Å². The van der Waals surface area contributed by atoms with Crippen LogP contribution in [-0.4, -0.2) is 56.8 Å². The summed E-state index contributed by atoms with van der Waals surface area (Å²) in [4.78, 5) is 0. The summed E-state index contributed by atoms with van der Waals surface area (Å²) in [5.74, 6) is 0.236. The average Bonchev–Trinajstić information content (AvgIpc) is 2.43. The van der Waals surface area contributed by atoms with Crippen LogP contribution in [0.1, 0.15) is 33.1 Å². The number of nitrogens with zero attached hydrogens (tertiary/aromatic N) is 1. The van der Waals surface area contributed by atoms with Gasteiger partial charge in [-0.2, -0.15) is 17.4 Å². The summed E-state index contributed by atoms with van der Waals surface area (Å²) in [5, 5.41) is 9.10. The summed E-state index contributed by atoms with van der Waals surface area (Å²) in [6.45, 7) is 5.17. The Labute approximate surface area is 121 Å². The van der Waals surface area contributed by atoms with Crippen molar-refractivity contribution < 1.29 is 18.3 Å². The third kappa shape index (κ3) is 3.01. The third-order valence-electron chi connectivity index (χ3n) is 4.93. The summed E-state index contributed by atoms with van der Waals surface area (Å²) >= 11 is 0. The Hall–Kier alpha value is -0.210. The number of methoxy groups -OCH3 is 1. The topological polar surface area (TPSA) is 78.9 Å². The molecule has 0 aromatic rings. The van der Waals surface area contributed by atoms with Crippen LogP contribution in [0.2, 0.25) is 0 Å². The molecule has 2 atom stereocenters. The molecule has 0 amide bonds. The van der Waals surface area contributed by atoms with E-state index in [1.807, 2.05) is 13.8 Å². The van der Waals surface area contributed by atoms with Crippen LogP contribution in [-0.2, 0) is 14.9 Å². The van der Waals surface area contributed by atoms with Gasteiger partial charge in [0.2, 0.25) is 0 Å². The maximum atomic E-state index is 12.4. The molecule has 1 aliphatic heterocycles. The van der Waals surface area contributed by atoms with Gasteiger partial charge in [-0.3, -0.25) is 0 Å². The van der Waals surface area contributed by atoms with Gasteiger partial charge in [0.15, 0.2) is 0 Å². The van der Waals surface area contributed by atoms with Crippen molar-refractivity contribution >= 4 is 10.2 Å². The SMILES string of the molecule is COC1CC(NS(=O)(=O)N2CCC(CO)CC2)C1(C)C. The number of rotatable bonds is 5. The number of nitrogens with one attached hydrogen (secondary N) is 1. The van der Waals surface area contributed by atoms with E-state index in [-0.39, 0.29) is 30.1 Å². The van der Waals surface area contributed by atoms with Crippen LogP contribution in [0.15, 0.2) is 0 Å². The lowest BCUT2D eigenvalue weighted by molar-refractivity contribution is -0.0912. The van der Waals surface area contributed by atoms with E-state index in [0.29, 0.717) is 13.1 Å². The van der Waals surface area contributed by atoms with Crippen molar-refractivity contribution in [2.24, 2.45) is 11.3 Å². The zero-order valence-corrected chi connectivity index (χ0v) is 13.3. The van der Waals surface area contributed by atoms with Crippen molar-refractivity contribution in [3.8, 4) is 0 Å². The lowest BCUT2D eigenvalue weighted by Gasteiger charge is -2.51. The second-order valence-corrected chi connectivity index (χ2v) is 8.18. The van der Waals surface area contributed by atoms with Crippen molar-refractivity contribution in [2.75, 3.05) is 26.8 Å². The Bertz CT molecular complexity index is 430. The maximum absolute atomic E-state index is 12.4. The summed E-state index contributed by atoms with van der Waals surface area (Å²) < 4.78 is 34.4. The van der Waals surface area contributed by atoms with Crippen molar-refractivity contribution in [3.63, 3.8) is 0 Å². The van der Waals surface area contributed by atoms with Gasteiger partial charge in [0, 0.05) is 38.3 Å². The Morgan fingerprint density at radius 1 is 1.35 bits per heavy atom. The van der Waals surface area contributed by atoms with E-state index in [9.17, 15) is 8.42 Å². The maximum Gasteiger partial charge on any atom is 0.279 e. The summed E-state index contributed by atoms with van der Waals surface area (Å²) in [5.41, 5.74) is -0.175. The van der Waals surface area contributed by atoms with Gasteiger partial charge in [-0.25, -0.2) is 0 Å². The number of hydrogen-bond donors (Lipinski definition) is 2. The highest BCUT2D eigenvalue weighted by molar-refractivity contribution is 7.87. The molecule has 0 bridgehead atoms. The first-order valence-corrected chi connectivity index (χ1v) is 8.66. The summed E-state index contributed by atoms with van der Waals surface area (Å²) in [6, 6.07) is -0.0759. The monoisotopic (exact) mass is 306 g/mol. The normalized spacial score (nSPS) is 32.0. The predicted molar refractivity (Wildman–Crippen MR) is 76.4 cm³/mol. The number of piperidine rings is 1. The minimum atomic E-state index is -3.43. The molecular weight excluding hydrogens is 280 g/mol. The Morgan fingerprint density at radius 2 is 1.95 bits per heavy atom. The molecule has 2 unspecified atom stereocenters. The molecule has 20 heavy (non-hydrogen) atoms. The lowest BCUT2D eigenvalue weighted by atomic mass is 9.65. The molecule has 1 saturated carbocycles. The molecule has 0 radical (unpaired) electrons. The Kier molecular flexibility index (Phi) is 4.76. The van der Waals surface area contributed by atoms with Gasteiger partial charge in [0.05, 0.1) is 6.10 Å². The molecule has 0 aromatic carbocycles. The highest BCUT2D eigenvalue weighted by atomic mass is 32.2. The number of aliphatic hydroxyl groups is 1. The molecule has 1 saturated heterocycles. The molecule has 2 fully saturated rings. The summed E-state index contributed by atoms with van der Waals surface area (Å²) in [7, 11) is -1.77. The predicted octanol–water partition coefficient (Wildman–Crippen LogP) is 0.339. The van der Waals surface area contributed by atoms with E-state index in [4.69, 9.17) is 9.84 Å². The second kappa shape index (κ2) is 5.88. The first-order valence-electron chi connectivity index (χ1n) is 7.22. The fraction of sp³-hybridized carbons (Fsp3) is 1.00. The van der Waals surface area contributed by atoms with Crippen LogP contribution in [0.3, 0.4) is 0 Å². The van der Waals surface area contributed by atoms with Crippen LogP contribution >= 0.6 is 0 Å². The molecule has 2 rings (SSSR count). The van der Waals surface area contributed by atoms with Crippen LogP contribution in [0.25, 0.3) is 0 Å². The molecule has 118 valence electrons. The quantitative estimate of drug-likeness (QED) is 0.768. The van der Waals surface area contributed by atoms with E-state index in [0.717, 1.165) is 19.3 Å². The molecule has 6 nitrogen and oxygen atoms in total. The Morgan fingerprint density at radius 3 is 2.40 bits per heavy atom. The Balaban J connectivity index is 1.93. The minimum absolute atomic E-state index is 0.0759. The van der Waals surface area contributed by atoms with E-state index in [1.54, 1.807) is 7.11 Å². The molecule has 2 aliphatic rings. The van der Waals surface area contributed by atoms with E-state index < -0.39 is 10.2 Å². The van der Waals surface area contributed by atoms with Gasteiger partial charge in [-0.15, -0.1) is 0 Å². The largest absolute Gasteiger partial charge is 0.396 e. The summed E-state index contributed by atoms with van der Waals surface area (Å²) in [6.07, 6.45) is 2.28. The highest BCUT2D eigenvalue weighted by Crippen LogP contribution is 2.42. The van der Waals surface area contributed by atoms with Crippen molar-refractivity contribution in [2.45, 2.75) is 45.3 Å². The van der Waals surface area contributed by atoms with Gasteiger partial charge in [-0.05, 0) is 25.2 Å². The van der Waals surface area contributed by atoms with E-state index in [2.05, 4.69) is 4.72 Å². The van der Waals surface area contributed by atoms with Crippen LogP contribution < -0.4 is 4.72 Å². The van der Waals surface area contributed by atoms with Gasteiger partial charge >= 0.3 is 0 Å². The van der Waals surface area contributed by atoms with Crippen molar-refractivity contribution in [1.29, 1.82) is 0 Å². The molecule has 0 spiro atoms. The third-order valence-corrected chi connectivity index (χ3v) is 6.55. The molecular formula is C13H26N2O4S. The number of ether oxygens (including phenoxy) is 1. The molecule has 0 aromatic heterocycles. The van der Waals surface area contributed by atoms with Crippen LogP contribution in [0.5, 0.6) is 0 Å². The molecule has 7 heteroatoms. The molecule has 2 N–H and O–H groups in total. The van der Waals surface area contributed by atoms with Crippen LogP contribution in [0.4, 0.5) is 0 Å². The minimum Gasteiger partial charge on any atom is -0.396 e. The second-order valence-electron chi connectivity index (χ2n) is 6.48. The molecule has 1 aliphatic carbocycles. The lowest BCUT2D eigenvalue weighted by Crippen LogP contribution is -2.63. The average molecular weight is 306 g/mol. The van der Waals surface area contributed by atoms with Gasteiger partial charge in [-0.1, -0.05) is 13.8 Å². The molecule has 1 heterocycles. The van der Waals surface area contributed by atoms with Gasteiger partial charge in [0.1, 0.15) is 0 Å². The first-order chi connectivity index (χ1) is 9.31. The first kappa shape index (κ1) is 16.2. The standard InChI is InChI=1S/C13H26N2O4S/c1-13(2)11(8-12(13)19-3)14-20(17,18)15-6-4-10(9-16)5-7-15/h10-12,14,16H,4-9H2,1-3H3. The van der Waals surface area contributed by atoms with E-state index in [1.165, 1.54) is 4.31 Å². The fourth-order valence-corrected chi connectivity index (χ4v) is 4.67. The zero-order chi connectivity index (χ0) is 15.0. The smallest absolute Gasteiger partial charge is 0.279 e. The zero-order valence-electron chi connectivity index (χ0n) is 12.5. The fourth-order valence-electron chi connectivity index (χ4n) is 3.07. The highest BCUT2D eigenvalue weighted by Gasteiger charge is 2.50. The van der Waals surface area contributed by atoms with Gasteiger partial charge < -0.3 is 9.84 Å². The van der Waals surface area contributed by atoms with E-state index >= 15 is 0 Å². The van der Waals surface area contributed by atoms with Crippen molar-refractivity contribution in [3.05, 3.63) is 0 Å².